The van der Waals surface area contributed by atoms with E-state index < -0.39 is 24.1 Å². The summed E-state index contributed by atoms with van der Waals surface area (Å²) >= 11 is 0. The Balaban J connectivity index is 1.47. The van der Waals surface area contributed by atoms with Crippen LogP contribution >= 0.6 is 0 Å². The quantitative estimate of drug-likeness (QED) is 0.566. The summed E-state index contributed by atoms with van der Waals surface area (Å²) in [7, 11) is 1.47. The summed E-state index contributed by atoms with van der Waals surface area (Å²) in [4.78, 5) is 35.9. The van der Waals surface area contributed by atoms with Crippen LogP contribution in [-0.2, 0) is 14.3 Å². The van der Waals surface area contributed by atoms with Gasteiger partial charge >= 0.3 is 12.1 Å². The molecule has 0 aliphatic heterocycles. The third-order valence-corrected chi connectivity index (χ3v) is 5.32. The average molecular weight is 426 g/mol. The molecule has 0 saturated carbocycles. The second-order valence-corrected chi connectivity index (χ2v) is 7.52. The summed E-state index contributed by atoms with van der Waals surface area (Å²) in [6.45, 7) is 0.0721. The molecule has 1 aliphatic carbocycles. The van der Waals surface area contributed by atoms with Gasteiger partial charge in [-0.1, -0.05) is 48.5 Å². The molecule has 3 N–H and O–H groups in total. The van der Waals surface area contributed by atoms with Gasteiger partial charge in [0.05, 0.1) is 18.9 Å². The number of ether oxygens (including phenoxy) is 1. The Bertz CT molecular complexity index is 915. The first-order valence-corrected chi connectivity index (χ1v) is 10.1. The summed E-state index contributed by atoms with van der Waals surface area (Å²) in [6.07, 6.45) is -2.16. The summed E-state index contributed by atoms with van der Waals surface area (Å²) in [5.74, 6) is -1.47. The fraction of sp³-hybridized carbons (Fsp3) is 0.348. The molecular formula is C23H26N2O6. The molecule has 0 saturated heterocycles. The summed E-state index contributed by atoms with van der Waals surface area (Å²) in [5.41, 5.74) is 4.47. The topological polar surface area (TPSA) is 116 Å². The van der Waals surface area contributed by atoms with E-state index in [1.807, 2.05) is 36.4 Å². The van der Waals surface area contributed by atoms with Crippen molar-refractivity contribution in [3.8, 4) is 11.1 Å². The standard InChI is InChI=1S/C23H26N2O6/c1-25(11-10-22(28)29)21(27)12-15(26)13-24-23(30)31-14-20-18-8-4-2-6-16(18)17-7-3-5-9-19(17)20/h2-9,15,20,26H,10-14H2,1H3,(H,24,30)(H,28,29). The maximum atomic E-state index is 12.1. The Morgan fingerprint density at radius 3 is 2.23 bits per heavy atom. The molecule has 0 aromatic heterocycles. The van der Waals surface area contributed by atoms with Crippen LogP contribution in [0.2, 0.25) is 0 Å². The van der Waals surface area contributed by atoms with Crippen LogP contribution in [-0.4, -0.2) is 65.9 Å². The van der Waals surface area contributed by atoms with Gasteiger partial charge < -0.3 is 25.2 Å². The molecule has 2 aromatic rings. The van der Waals surface area contributed by atoms with E-state index in [1.54, 1.807) is 0 Å². The number of amides is 2. The van der Waals surface area contributed by atoms with Crippen molar-refractivity contribution >= 4 is 18.0 Å². The number of aliphatic hydroxyl groups is 1. The smallest absolute Gasteiger partial charge is 0.407 e. The molecular weight excluding hydrogens is 400 g/mol. The summed E-state index contributed by atoms with van der Waals surface area (Å²) < 4.78 is 5.39. The lowest BCUT2D eigenvalue weighted by Gasteiger charge is -2.19. The van der Waals surface area contributed by atoms with E-state index in [1.165, 1.54) is 11.9 Å². The number of fused-ring (bicyclic) bond motifs is 3. The Kier molecular flexibility index (Phi) is 7.25. The SMILES string of the molecule is CN(CCC(=O)O)C(=O)CC(O)CNC(=O)OCC1c2ccccc2-c2ccccc21. The molecule has 0 bridgehead atoms. The molecule has 1 unspecified atom stereocenters. The van der Waals surface area contributed by atoms with Gasteiger partial charge in [-0.3, -0.25) is 9.59 Å². The zero-order valence-electron chi connectivity index (χ0n) is 17.3. The van der Waals surface area contributed by atoms with Gasteiger partial charge in [0.25, 0.3) is 0 Å². The fourth-order valence-electron chi connectivity index (χ4n) is 3.67. The lowest BCUT2D eigenvalue weighted by atomic mass is 9.98. The molecule has 0 radical (unpaired) electrons. The van der Waals surface area contributed by atoms with E-state index in [9.17, 15) is 19.5 Å². The van der Waals surface area contributed by atoms with Gasteiger partial charge in [-0.2, -0.15) is 0 Å². The minimum atomic E-state index is -1.10. The summed E-state index contributed by atoms with van der Waals surface area (Å²) in [6, 6.07) is 16.0. The van der Waals surface area contributed by atoms with Crippen molar-refractivity contribution in [2.45, 2.75) is 24.9 Å². The number of aliphatic hydroxyl groups excluding tert-OH is 1. The zero-order valence-corrected chi connectivity index (χ0v) is 17.3. The Hall–Kier alpha value is -3.39. The van der Waals surface area contributed by atoms with Crippen molar-refractivity contribution in [3.05, 3.63) is 59.7 Å². The van der Waals surface area contributed by atoms with Crippen LogP contribution in [0.15, 0.2) is 48.5 Å². The number of carbonyl (C=O) groups excluding carboxylic acids is 2. The van der Waals surface area contributed by atoms with Crippen molar-refractivity contribution in [1.82, 2.24) is 10.2 Å². The molecule has 2 aromatic carbocycles. The van der Waals surface area contributed by atoms with Crippen molar-refractivity contribution in [2.24, 2.45) is 0 Å². The lowest BCUT2D eigenvalue weighted by molar-refractivity contribution is -0.138. The first-order chi connectivity index (χ1) is 14.9. The van der Waals surface area contributed by atoms with Gasteiger partial charge in [-0.25, -0.2) is 4.79 Å². The Labute approximate surface area is 180 Å². The van der Waals surface area contributed by atoms with E-state index in [4.69, 9.17) is 9.84 Å². The minimum absolute atomic E-state index is 0.0562. The largest absolute Gasteiger partial charge is 0.481 e. The number of carboxylic acids is 1. The van der Waals surface area contributed by atoms with E-state index in [0.717, 1.165) is 22.3 Å². The molecule has 0 heterocycles. The van der Waals surface area contributed by atoms with Crippen LogP contribution < -0.4 is 5.32 Å². The highest BCUT2D eigenvalue weighted by Crippen LogP contribution is 2.44. The number of hydrogen-bond donors (Lipinski definition) is 3. The van der Waals surface area contributed by atoms with E-state index in [0.29, 0.717) is 0 Å². The van der Waals surface area contributed by atoms with Crippen LogP contribution in [0.4, 0.5) is 4.79 Å². The molecule has 8 nitrogen and oxygen atoms in total. The van der Waals surface area contributed by atoms with Crippen LogP contribution in [0, 0.1) is 0 Å². The van der Waals surface area contributed by atoms with Crippen LogP contribution in [0.25, 0.3) is 11.1 Å². The zero-order chi connectivity index (χ0) is 22.4. The number of hydrogen-bond acceptors (Lipinski definition) is 5. The van der Waals surface area contributed by atoms with Crippen molar-refractivity contribution in [2.75, 3.05) is 26.7 Å². The van der Waals surface area contributed by atoms with E-state index in [2.05, 4.69) is 17.4 Å². The van der Waals surface area contributed by atoms with E-state index in [-0.39, 0.29) is 38.5 Å². The van der Waals surface area contributed by atoms with Crippen molar-refractivity contribution < 1.29 is 29.3 Å². The number of rotatable bonds is 9. The van der Waals surface area contributed by atoms with Crippen molar-refractivity contribution in [1.29, 1.82) is 0 Å². The molecule has 1 aliphatic rings. The van der Waals surface area contributed by atoms with Gasteiger partial charge in [-0.05, 0) is 22.3 Å². The van der Waals surface area contributed by atoms with E-state index >= 15 is 0 Å². The molecule has 0 spiro atoms. The number of nitrogens with zero attached hydrogens (tertiary/aromatic N) is 1. The van der Waals surface area contributed by atoms with Crippen LogP contribution in [0.1, 0.15) is 29.9 Å². The van der Waals surface area contributed by atoms with Gasteiger partial charge in [0.15, 0.2) is 0 Å². The minimum Gasteiger partial charge on any atom is -0.481 e. The normalized spacial score (nSPS) is 13.1. The second kappa shape index (κ2) is 10.1. The lowest BCUT2D eigenvalue weighted by Crippen LogP contribution is -2.37. The number of aliphatic carboxylic acids is 1. The predicted molar refractivity (Wildman–Crippen MR) is 114 cm³/mol. The first-order valence-electron chi connectivity index (χ1n) is 10.1. The first kappa shape index (κ1) is 22.3. The molecule has 1 atom stereocenters. The molecule has 8 heteroatoms. The monoisotopic (exact) mass is 426 g/mol. The number of carboxylic acid groups (broad SMARTS) is 1. The molecule has 2 amide bonds. The molecule has 3 rings (SSSR count). The number of nitrogens with one attached hydrogen (secondary N) is 1. The van der Waals surface area contributed by atoms with Gasteiger partial charge in [-0.15, -0.1) is 0 Å². The summed E-state index contributed by atoms with van der Waals surface area (Å²) in [5, 5.41) is 21.1. The van der Waals surface area contributed by atoms with Gasteiger partial charge in [0.2, 0.25) is 5.91 Å². The molecule has 31 heavy (non-hydrogen) atoms. The van der Waals surface area contributed by atoms with Crippen LogP contribution in [0.3, 0.4) is 0 Å². The second-order valence-electron chi connectivity index (χ2n) is 7.52. The average Bonchev–Trinajstić information content (AvgIpc) is 3.08. The number of benzene rings is 2. The highest BCUT2D eigenvalue weighted by molar-refractivity contribution is 5.79. The highest BCUT2D eigenvalue weighted by Gasteiger charge is 2.29. The third-order valence-electron chi connectivity index (χ3n) is 5.32. The van der Waals surface area contributed by atoms with Crippen molar-refractivity contribution in [3.63, 3.8) is 0 Å². The Morgan fingerprint density at radius 2 is 1.65 bits per heavy atom. The molecule has 0 fully saturated rings. The highest BCUT2D eigenvalue weighted by atomic mass is 16.5. The van der Waals surface area contributed by atoms with Gasteiger partial charge in [0, 0.05) is 26.1 Å². The van der Waals surface area contributed by atoms with Gasteiger partial charge in [0.1, 0.15) is 6.61 Å². The predicted octanol–water partition coefficient (Wildman–Crippen LogP) is 2.21. The Morgan fingerprint density at radius 1 is 1.06 bits per heavy atom. The third kappa shape index (κ3) is 5.61. The fourth-order valence-corrected chi connectivity index (χ4v) is 3.67. The maximum absolute atomic E-state index is 12.1. The maximum Gasteiger partial charge on any atom is 0.407 e. The molecule has 164 valence electrons. The number of alkyl carbamates (subject to hydrolysis) is 1. The number of carbonyl (C=O) groups is 3. The van der Waals surface area contributed by atoms with Crippen LogP contribution in [0.5, 0.6) is 0 Å².